The Morgan fingerprint density at radius 2 is 1.71 bits per heavy atom. The van der Waals surface area contributed by atoms with E-state index in [9.17, 15) is 4.79 Å². The number of carbonyl (C=O) groups is 1. The van der Waals surface area contributed by atoms with Crippen molar-refractivity contribution in [2.45, 2.75) is 33.2 Å². The summed E-state index contributed by atoms with van der Waals surface area (Å²) in [4.78, 5) is 11.9. The van der Waals surface area contributed by atoms with Gasteiger partial charge in [-0.15, -0.1) is 0 Å². The number of carbonyl (C=O) groups excluding carboxylic acids is 1. The Kier molecular flexibility index (Phi) is 4.37. The first-order chi connectivity index (χ1) is 7.88. The van der Waals surface area contributed by atoms with E-state index < -0.39 is 0 Å². The number of nitrogens with two attached hydrogens (primary N) is 2. The van der Waals surface area contributed by atoms with Crippen LogP contribution in [0.5, 0.6) is 0 Å². The average Bonchev–Trinajstić information content (AvgIpc) is 2.14. The molecule has 1 aromatic carbocycles. The fourth-order valence-corrected chi connectivity index (χ4v) is 1.88. The van der Waals surface area contributed by atoms with Gasteiger partial charge in [-0.1, -0.05) is 13.8 Å². The third-order valence-corrected chi connectivity index (χ3v) is 2.44. The van der Waals surface area contributed by atoms with Crippen LogP contribution in [0.1, 0.15) is 37.6 Å². The average molecular weight is 235 g/mol. The lowest BCUT2D eigenvalue weighted by molar-refractivity contribution is 0.0936. The lowest BCUT2D eigenvalue weighted by Gasteiger charge is -2.16. The quantitative estimate of drug-likeness (QED) is 0.698. The molecule has 0 spiro atoms. The number of amides is 1. The van der Waals surface area contributed by atoms with Gasteiger partial charge in [0.25, 0.3) is 5.91 Å². The standard InChI is InChI=1S/C13H21N3O/c1-8(2)4-9(3)16-13(17)10-5-11(14)7-12(15)6-10/h5-9H,4,14-15H2,1-3H3,(H,16,17). The van der Waals surface area contributed by atoms with E-state index in [0.717, 1.165) is 6.42 Å². The molecule has 0 aliphatic carbocycles. The lowest BCUT2D eigenvalue weighted by atomic mass is 10.0. The number of anilines is 2. The zero-order valence-electron chi connectivity index (χ0n) is 10.7. The van der Waals surface area contributed by atoms with E-state index in [1.165, 1.54) is 0 Å². The van der Waals surface area contributed by atoms with Crippen LogP contribution in [0.2, 0.25) is 0 Å². The molecule has 94 valence electrons. The van der Waals surface area contributed by atoms with Crippen LogP contribution in [0.25, 0.3) is 0 Å². The highest BCUT2D eigenvalue weighted by atomic mass is 16.1. The van der Waals surface area contributed by atoms with Crippen molar-refractivity contribution in [2.75, 3.05) is 11.5 Å². The van der Waals surface area contributed by atoms with E-state index in [0.29, 0.717) is 22.9 Å². The van der Waals surface area contributed by atoms with Crippen LogP contribution >= 0.6 is 0 Å². The van der Waals surface area contributed by atoms with Crippen LogP contribution in [0.3, 0.4) is 0 Å². The van der Waals surface area contributed by atoms with Crippen molar-refractivity contribution in [3.63, 3.8) is 0 Å². The van der Waals surface area contributed by atoms with Crippen molar-refractivity contribution in [1.29, 1.82) is 0 Å². The molecule has 0 saturated carbocycles. The smallest absolute Gasteiger partial charge is 0.251 e. The molecule has 5 N–H and O–H groups in total. The molecule has 1 unspecified atom stereocenters. The van der Waals surface area contributed by atoms with Gasteiger partial charge in [0.05, 0.1) is 0 Å². The molecule has 0 aliphatic heterocycles. The molecule has 1 aromatic rings. The highest BCUT2D eigenvalue weighted by Gasteiger charge is 2.11. The Labute approximate surface area is 102 Å². The SMILES string of the molecule is CC(C)CC(C)NC(=O)c1cc(N)cc(N)c1. The second kappa shape index (κ2) is 5.57. The molecular weight excluding hydrogens is 214 g/mol. The molecule has 0 aliphatic rings. The zero-order valence-corrected chi connectivity index (χ0v) is 10.7. The normalized spacial score (nSPS) is 12.5. The molecule has 0 saturated heterocycles. The first-order valence-corrected chi connectivity index (χ1v) is 5.85. The molecule has 1 rings (SSSR count). The monoisotopic (exact) mass is 235 g/mol. The van der Waals surface area contributed by atoms with Crippen molar-refractivity contribution in [3.05, 3.63) is 23.8 Å². The van der Waals surface area contributed by atoms with Gasteiger partial charge in [-0.05, 0) is 37.5 Å². The minimum Gasteiger partial charge on any atom is -0.399 e. The third kappa shape index (κ3) is 4.34. The van der Waals surface area contributed by atoms with Crippen LogP contribution in [0, 0.1) is 5.92 Å². The fraction of sp³-hybridized carbons (Fsp3) is 0.462. The van der Waals surface area contributed by atoms with Gasteiger partial charge in [0.1, 0.15) is 0 Å². The molecule has 0 fully saturated rings. The summed E-state index contributed by atoms with van der Waals surface area (Å²) in [5.41, 5.74) is 12.8. The van der Waals surface area contributed by atoms with Crippen LogP contribution in [-0.2, 0) is 0 Å². The molecular formula is C13H21N3O. The van der Waals surface area contributed by atoms with Crippen LogP contribution in [0.15, 0.2) is 18.2 Å². The first kappa shape index (κ1) is 13.4. The fourth-order valence-electron chi connectivity index (χ4n) is 1.88. The van der Waals surface area contributed by atoms with Gasteiger partial charge in [-0.3, -0.25) is 4.79 Å². The van der Waals surface area contributed by atoms with Crippen LogP contribution in [0.4, 0.5) is 11.4 Å². The molecule has 0 aromatic heterocycles. The second-order valence-corrected chi connectivity index (χ2v) is 4.89. The third-order valence-electron chi connectivity index (χ3n) is 2.44. The first-order valence-electron chi connectivity index (χ1n) is 5.85. The highest BCUT2D eigenvalue weighted by Crippen LogP contribution is 2.14. The molecule has 0 heterocycles. The Morgan fingerprint density at radius 3 is 2.18 bits per heavy atom. The summed E-state index contributed by atoms with van der Waals surface area (Å²) in [6.45, 7) is 6.25. The van der Waals surface area contributed by atoms with E-state index in [1.54, 1.807) is 18.2 Å². The van der Waals surface area contributed by atoms with Crippen molar-refractivity contribution < 1.29 is 4.79 Å². The van der Waals surface area contributed by atoms with Crippen LogP contribution < -0.4 is 16.8 Å². The van der Waals surface area contributed by atoms with Crippen molar-refractivity contribution in [3.8, 4) is 0 Å². The number of benzene rings is 1. The Balaban J connectivity index is 2.69. The van der Waals surface area contributed by atoms with Gasteiger partial charge < -0.3 is 16.8 Å². The molecule has 1 amide bonds. The maximum absolute atomic E-state index is 11.9. The molecule has 4 nitrogen and oxygen atoms in total. The van der Waals surface area contributed by atoms with E-state index >= 15 is 0 Å². The maximum Gasteiger partial charge on any atom is 0.251 e. The molecule has 4 heteroatoms. The number of rotatable bonds is 4. The topological polar surface area (TPSA) is 81.1 Å². The molecule has 0 bridgehead atoms. The predicted octanol–water partition coefficient (Wildman–Crippen LogP) is 2.02. The number of nitrogen functional groups attached to an aromatic ring is 2. The number of nitrogens with one attached hydrogen (secondary N) is 1. The van der Waals surface area contributed by atoms with E-state index in [1.807, 2.05) is 6.92 Å². The van der Waals surface area contributed by atoms with Gasteiger partial charge in [-0.25, -0.2) is 0 Å². The predicted molar refractivity (Wildman–Crippen MR) is 71.7 cm³/mol. The summed E-state index contributed by atoms with van der Waals surface area (Å²) >= 11 is 0. The zero-order chi connectivity index (χ0) is 13.0. The molecule has 0 radical (unpaired) electrons. The van der Waals surface area contributed by atoms with Gasteiger partial charge in [0.15, 0.2) is 0 Å². The van der Waals surface area contributed by atoms with E-state index in [-0.39, 0.29) is 11.9 Å². The minimum atomic E-state index is -0.128. The Hall–Kier alpha value is -1.71. The summed E-state index contributed by atoms with van der Waals surface area (Å²) in [5, 5.41) is 2.93. The molecule has 17 heavy (non-hydrogen) atoms. The van der Waals surface area contributed by atoms with Crippen molar-refractivity contribution in [1.82, 2.24) is 5.32 Å². The van der Waals surface area contributed by atoms with Gasteiger partial charge in [0, 0.05) is 23.0 Å². The van der Waals surface area contributed by atoms with Gasteiger partial charge in [-0.2, -0.15) is 0 Å². The van der Waals surface area contributed by atoms with Gasteiger partial charge >= 0.3 is 0 Å². The lowest BCUT2D eigenvalue weighted by Crippen LogP contribution is -2.33. The highest BCUT2D eigenvalue weighted by molar-refractivity contribution is 5.96. The summed E-state index contributed by atoms with van der Waals surface area (Å²) in [6.07, 6.45) is 0.948. The summed E-state index contributed by atoms with van der Waals surface area (Å²) < 4.78 is 0. The minimum absolute atomic E-state index is 0.128. The van der Waals surface area contributed by atoms with Gasteiger partial charge in [0.2, 0.25) is 0 Å². The molecule has 1 atom stereocenters. The van der Waals surface area contributed by atoms with E-state index in [4.69, 9.17) is 11.5 Å². The Morgan fingerprint density at radius 1 is 1.18 bits per heavy atom. The maximum atomic E-state index is 11.9. The van der Waals surface area contributed by atoms with Crippen LogP contribution in [-0.4, -0.2) is 11.9 Å². The summed E-state index contributed by atoms with van der Waals surface area (Å²) in [7, 11) is 0. The van der Waals surface area contributed by atoms with E-state index in [2.05, 4.69) is 19.2 Å². The summed E-state index contributed by atoms with van der Waals surface area (Å²) in [5.74, 6) is 0.424. The van der Waals surface area contributed by atoms with Crippen molar-refractivity contribution >= 4 is 17.3 Å². The summed E-state index contributed by atoms with van der Waals surface area (Å²) in [6, 6.07) is 5.04. The second-order valence-electron chi connectivity index (χ2n) is 4.89. The largest absolute Gasteiger partial charge is 0.399 e. The number of hydrogen-bond donors (Lipinski definition) is 3. The Bertz CT molecular complexity index is 381. The number of hydrogen-bond acceptors (Lipinski definition) is 3. The van der Waals surface area contributed by atoms with Crippen molar-refractivity contribution in [2.24, 2.45) is 5.92 Å².